The molecule has 4 fully saturated rings. The molecule has 0 aliphatic heterocycles. The standard InChI is InChI=1S/C21H32O/c1-13-11-15-7-8-16-19(3,4)9-6-10-20(16,5)21(15)12-14(2)17(21)18(13)22/h13,15-17H,2,6-12H2,1,3-5H3/t13?,15-,16-,17+,20-,21+/m0/s1. The molecule has 0 amide bonds. The molecule has 1 unspecified atom stereocenters. The molecule has 1 nitrogen and oxygen atoms in total. The van der Waals surface area contributed by atoms with Crippen LogP contribution in [0.1, 0.15) is 72.6 Å². The van der Waals surface area contributed by atoms with Gasteiger partial charge in [0.15, 0.2) is 0 Å². The summed E-state index contributed by atoms with van der Waals surface area (Å²) in [4.78, 5) is 13.0. The topological polar surface area (TPSA) is 17.1 Å². The molecule has 4 saturated carbocycles. The van der Waals surface area contributed by atoms with Gasteiger partial charge in [-0.05, 0) is 66.6 Å². The van der Waals surface area contributed by atoms with Crippen LogP contribution in [0.25, 0.3) is 0 Å². The van der Waals surface area contributed by atoms with Crippen LogP contribution in [0.4, 0.5) is 0 Å². The van der Waals surface area contributed by atoms with Gasteiger partial charge >= 0.3 is 0 Å². The molecule has 0 bridgehead atoms. The largest absolute Gasteiger partial charge is 0.299 e. The van der Waals surface area contributed by atoms with Crippen molar-refractivity contribution in [2.45, 2.75) is 72.6 Å². The highest BCUT2D eigenvalue weighted by molar-refractivity contribution is 5.89. The average molecular weight is 300 g/mol. The first-order valence-electron chi connectivity index (χ1n) is 9.45. The summed E-state index contributed by atoms with van der Waals surface area (Å²) in [6.07, 6.45) is 9.07. The Morgan fingerprint density at radius 3 is 2.55 bits per heavy atom. The molecule has 1 spiro atoms. The molecule has 122 valence electrons. The van der Waals surface area contributed by atoms with Crippen LogP contribution in [0.3, 0.4) is 0 Å². The van der Waals surface area contributed by atoms with Gasteiger partial charge in [0.1, 0.15) is 5.78 Å². The second kappa shape index (κ2) is 4.28. The monoisotopic (exact) mass is 300 g/mol. The lowest BCUT2D eigenvalue weighted by Gasteiger charge is -2.73. The van der Waals surface area contributed by atoms with E-state index in [2.05, 4.69) is 34.3 Å². The van der Waals surface area contributed by atoms with Crippen molar-refractivity contribution in [2.75, 3.05) is 0 Å². The number of carbonyl (C=O) groups is 1. The molecule has 4 rings (SSSR count). The summed E-state index contributed by atoms with van der Waals surface area (Å²) >= 11 is 0. The number of carbonyl (C=O) groups excluding carboxylic acids is 1. The summed E-state index contributed by atoms with van der Waals surface area (Å²) in [7, 11) is 0. The van der Waals surface area contributed by atoms with Crippen LogP contribution in [0.2, 0.25) is 0 Å². The van der Waals surface area contributed by atoms with E-state index in [1.807, 2.05) is 0 Å². The molecule has 1 heteroatoms. The lowest BCUT2D eigenvalue weighted by atomic mass is 9.30. The van der Waals surface area contributed by atoms with Gasteiger partial charge in [-0.25, -0.2) is 0 Å². The molecule has 22 heavy (non-hydrogen) atoms. The summed E-state index contributed by atoms with van der Waals surface area (Å²) < 4.78 is 0. The first kappa shape index (κ1) is 15.0. The minimum Gasteiger partial charge on any atom is -0.299 e. The van der Waals surface area contributed by atoms with E-state index < -0.39 is 0 Å². The van der Waals surface area contributed by atoms with Crippen molar-refractivity contribution in [1.82, 2.24) is 0 Å². The number of hydrogen-bond acceptors (Lipinski definition) is 1. The highest BCUT2D eigenvalue weighted by atomic mass is 16.1. The van der Waals surface area contributed by atoms with Crippen molar-refractivity contribution in [2.24, 2.45) is 39.9 Å². The summed E-state index contributed by atoms with van der Waals surface area (Å²) in [5, 5.41) is 0. The molecule has 4 aliphatic rings. The molecule has 4 aliphatic carbocycles. The van der Waals surface area contributed by atoms with Crippen molar-refractivity contribution in [3.8, 4) is 0 Å². The minimum absolute atomic E-state index is 0.197. The molecule has 0 aromatic rings. The Kier molecular flexibility index (Phi) is 2.91. The van der Waals surface area contributed by atoms with Crippen LogP contribution in [-0.2, 0) is 4.79 Å². The zero-order valence-electron chi connectivity index (χ0n) is 14.9. The van der Waals surface area contributed by atoms with E-state index in [4.69, 9.17) is 0 Å². The predicted molar refractivity (Wildman–Crippen MR) is 90.4 cm³/mol. The second-order valence-electron chi connectivity index (χ2n) is 9.93. The lowest BCUT2D eigenvalue weighted by molar-refractivity contribution is -0.221. The summed E-state index contributed by atoms with van der Waals surface area (Å²) in [5.74, 6) is 2.55. The maximum absolute atomic E-state index is 13.0. The highest BCUT2D eigenvalue weighted by Crippen LogP contribution is 2.77. The van der Waals surface area contributed by atoms with Gasteiger partial charge in [-0.3, -0.25) is 4.79 Å². The van der Waals surface area contributed by atoms with E-state index in [-0.39, 0.29) is 17.3 Å². The molecular formula is C21H32O. The van der Waals surface area contributed by atoms with Crippen LogP contribution < -0.4 is 0 Å². The fourth-order valence-corrected chi connectivity index (χ4v) is 7.82. The number of fused-ring (bicyclic) bond motifs is 1. The van der Waals surface area contributed by atoms with Crippen molar-refractivity contribution < 1.29 is 4.79 Å². The predicted octanol–water partition coefficient (Wildman–Crippen LogP) is 5.40. The van der Waals surface area contributed by atoms with Crippen LogP contribution in [0.15, 0.2) is 12.2 Å². The summed E-state index contributed by atoms with van der Waals surface area (Å²) in [6, 6.07) is 0. The number of Topliss-reactive ketones (excluding diaryl/α,β-unsaturated/α-hetero) is 1. The van der Waals surface area contributed by atoms with Gasteiger partial charge in [0.25, 0.3) is 0 Å². The normalized spacial score (nSPS) is 53.1. The van der Waals surface area contributed by atoms with Gasteiger partial charge in [0.2, 0.25) is 0 Å². The van der Waals surface area contributed by atoms with Crippen molar-refractivity contribution in [3.05, 3.63) is 12.2 Å². The second-order valence-corrected chi connectivity index (χ2v) is 9.93. The maximum Gasteiger partial charge on any atom is 0.143 e. The van der Waals surface area contributed by atoms with E-state index in [0.29, 0.717) is 16.6 Å². The summed E-state index contributed by atoms with van der Waals surface area (Å²) in [6.45, 7) is 14.0. The van der Waals surface area contributed by atoms with Gasteiger partial charge < -0.3 is 0 Å². The van der Waals surface area contributed by atoms with Crippen molar-refractivity contribution in [3.63, 3.8) is 0 Å². The van der Waals surface area contributed by atoms with E-state index in [9.17, 15) is 4.79 Å². The lowest BCUT2D eigenvalue weighted by Crippen LogP contribution is -2.69. The zero-order chi connectivity index (χ0) is 15.9. The Bertz CT molecular complexity index is 544. The van der Waals surface area contributed by atoms with Gasteiger partial charge in [-0.2, -0.15) is 0 Å². The molecular weight excluding hydrogens is 268 g/mol. The van der Waals surface area contributed by atoms with Crippen LogP contribution in [0.5, 0.6) is 0 Å². The Balaban J connectivity index is 1.83. The number of rotatable bonds is 0. The highest BCUT2D eigenvalue weighted by Gasteiger charge is 2.72. The van der Waals surface area contributed by atoms with Gasteiger partial charge in [-0.15, -0.1) is 0 Å². The Hall–Kier alpha value is -0.590. The number of ketones is 1. The van der Waals surface area contributed by atoms with Crippen LogP contribution in [-0.4, -0.2) is 5.78 Å². The van der Waals surface area contributed by atoms with Gasteiger partial charge in [0.05, 0.1) is 0 Å². The fourth-order valence-electron chi connectivity index (χ4n) is 7.82. The molecule has 0 heterocycles. The first-order valence-corrected chi connectivity index (χ1v) is 9.45. The van der Waals surface area contributed by atoms with Gasteiger partial charge in [-0.1, -0.05) is 46.3 Å². The minimum atomic E-state index is 0.197. The van der Waals surface area contributed by atoms with E-state index in [1.165, 1.54) is 37.7 Å². The SMILES string of the molecule is C=C1C[C@]23[C@@H](CC[C@H]4C(C)(C)CCC[C@@]42C)CC(C)C(=O)[C@@H]13. The fraction of sp³-hybridized carbons (Fsp3) is 0.857. The summed E-state index contributed by atoms with van der Waals surface area (Å²) in [5.41, 5.74) is 2.33. The Labute approximate surface area is 135 Å². The number of hydrogen-bond donors (Lipinski definition) is 0. The smallest absolute Gasteiger partial charge is 0.143 e. The number of allylic oxidation sites excluding steroid dienone is 1. The van der Waals surface area contributed by atoms with Crippen molar-refractivity contribution >= 4 is 5.78 Å². The van der Waals surface area contributed by atoms with Gasteiger partial charge in [0, 0.05) is 11.8 Å². The molecule has 0 aromatic heterocycles. The van der Waals surface area contributed by atoms with E-state index in [0.717, 1.165) is 24.7 Å². The average Bonchev–Trinajstić information content (AvgIpc) is 2.39. The Morgan fingerprint density at radius 1 is 1.14 bits per heavy atom. The quantitative estimate of drug-likeness (QED) is 0.547. The van der Waals surface area contributed by atoms with Crippen LogP contribution in [0, 0.1) is 39.9 Å². The Morgan fingerprint density at radius 2 is 1.86 bits per heavy atom. The molecule has 0 radical (unpaired) electrons. The molecule has 0 N–H and O–H groups in total. The van der Waals surface area contributed by atoms with Crippen molar-refractivity contribution in [1.29, 1.82) is 0 Å². The third kappa shape index (κ3) is 1.49. The van der Waals surface area contributed by atoms with E-state index >= 15 is 0 Å². The first-order chi connectivity index (χ1) is 10.2. The zero-order valence-corrected chi connectivity index (χ0v) is 14.9. The molecule has 6 atom stereocenters. The van der Waals surface area contributed by atoms with E-state index in [1.54, 1.807) is 0 Å². The van der Waals surface area contributed by atoms with Crippen LogP contribution >= 0.6 is 0 Å². The molecule has 0 saturated heterocycles. The maximum atomic E-state index is 13.0. The third-order valence-electron chi connectivity index (χ3n) is 8.68. The molecule has 0 aromatic carbocycles. The third-order valence-corrected chi connectivity index (χ3v) is 8.68.